The second kappa shape index (κ2) is 6.90. The van der Waals surface area contributed by atoms with E-state index in [0.29, 0.717) is 28.1 Å². The Labute approximate surface area is 182 Å². The molecule has 1 amide bonds. The molecule has 1 aliphatic heterocycles. The molecule has 0 spiro atoms. The van der Waals surface area contributed by atoms with Gasteiger partial charge in [0.2, 0.25) is 5.95 Å². The van der Waals surface area contributed by atoms with E-state index in [9.17, 15) is 4.79 Å². The molecule has 1 aromatic heterocycles. The first-order chi connectivity index (χ1) is 13.2. The number of carbonyl (C=O) groups is 1. The third-order valence-corrected chi connectivity index (χ3v) is 6.22. The van der Waals surface area contributed by atoms with Gasteiger partial charge in [-0.15, -0.1) is 0 Å². The number of halogens is 3. The number of aromatic nitrogens is 2. The summed E-state index contributed by atoms with van der Waals surface area (Å²) < 4.78 is 3.03. The van der Waals surface area contributed by atoms with E-state index in [4.69, 9.17) is 23.2 Å². The molecule has 2 aromatic carbocycles. The van der Waals surface area contributed by atoms with Crippen molar-refractivity contribution in [1.82, 2.24) is 9.55 Å². The highest BCUT2D eigenvalue weighted by atomic mass is 79.9. The Bertz CT molecular complexity index is 1070. The van der Waals surface area contributed by atoms with Crippen molar-refractivity contribution in [3.8, 4) is 0 Å². The first kappa shape index (κ1) is 19.5. The number of aryl methyl sites for hydroxylation is 1. The fourth-order valence-corrected chi connectivity index (χ4v) is 4.60. The predicted octanol–water partition coefficient (Wildman–Crippen LogP) is 6.21. The lowest BCUT2D eigenvalue weighted by atomic mass is 9.91. The van der Waals surface area contributed by atoms with Crippen molar-refractivity contribution in [3.05, 3.63) is 73.9 Å². The second-order valence-corrected chi connectivity index (χ2v) is 9.05. The third-order valence-electron chi connectivity index (χ3n) is 5.25. The van der Waals surface area contributed by atoms with Crippen molar-refractivity contribution in [3.63, 3.8) is 0 Å². The van der Waals surface area contributed by atoms with Gasteiger partial charge in [-0.3, -0.25) is 9.36 Å². The van der Waals surface area contributed by atoms with Crippen molar-refractivity contribution >= 4 is 56.7 Å². The van der Waals surface area contributed by atoms with Crippen LogP contribution in [0.1, 0.15) is 23.9 Å². The van der Waals surface area contributed by atoms with Crippen LogP contribution in [0.15, 0.2) is 46.9 Å². The fraction of sp³-hybridized carbons (Fsp3) is 0.238. The molecular weight excluding hydrogens is 461 g/mol. The van der Waals surface area contributed by atoms with Crippen molar-refractivity contribution < 1.29 is 4.79 Å². The summed E-state index contributed by atoms with van der Waals surface area (Å²) in [5.41, 5.74) is 2.75. The van der Waals surface area contributed by atoms with Gasteiger partial charge in [-0.2, -0.15) is 0 Å². The SMILES string of the molecule is Cc1nc2n(c1C)C(C)(Cc1ccc(Br)cc1)C(=O)N2c1cc(Cl)cc(Cl)c1. The minimum absolute atomic E-state index is 0.0562. The lowest BCUT2D eigenvalue weighted by Crippen LogP contribution is -2.41. The third kappa shape index (κ3) is 3.06. The van der Waals surface area contributed by atoms with Crippen LogP contribution >= 0.6 is 39.1 Å². The molecule has 2 heterocycles. The molecule has 0 N–H and O–H groups in total. The maximum Gasteiger partial charge on any atom is 0.260 e. The van der Waals surface area contributed by atoms with E-state index in [-0.39, 0.29) is 5.91 Å². The zero-order valence-corrected chi connectivity index (χ0v) is 18.7. The summed E-state index contributed by atoms with van der Waals surface area (Å²) >= 11 is 15.9. The van der Waals surface area contributed by atoms with Gasteiger partial charge in [0.25, 0.3) is 5.91 Å². The first-order valence-electron chi connectivity index (χ1n) is 8.82. The van der Waals surface area contributed by atoms with Crippen LogP contribution in [0.2, 0.25) is 10.0 Å². The van der Waals surface area contributed by atoms with Gasteiger partial charge in [0.1, 0.15) is 5.54 Å². The van der Waals surface area contributed by atoms with Crippen LogP contribution in [0, 0.1) is 13.8 Å². The smallest absolute Gasteiger partial charge is 0.260 e. The quantitative estimate of drug-likeness (QED) is 0.449. The van der Waals surface area contributed by atoms with Gasteiger partial charge in [-0.25, -0.2) is 9.88 Å². The van der Waals surface area contributed by atoms with E-state index in [0.717, 1.165) is 21.4 Å². The Morgan fingerprint density at radius 1 is 1.07 bits per heavy atom. The molecule has 1 unspecified atom stereocenters. The highest BCUT2D eigenvalue weighted by Crippen LogP contribution is 2.44. The molecule has 0 radical (unpaired) electrons. The van der Waals surface area contributed by atoms with Gasteiger partial charge in [-0.05, 0) is 56.7 Å². The number of hydrogen-bond acceptors (Lipinski definition) is 2. The van der Waals surface area contributed by atoms with Crippen molar-refractivity contribution in [2.24, 2.45) is 0 Å². The number of hydrogen-bond donors (Lipinski definition) is 0. The van der Waals surface area contributed by atoms with Gasteiger partial charge in [0, 0.05) is 26.6 Å². The highest BCUT2D eigenvalue weighted by Gasteiger charge is 2.50. The summed E-state index contributed by atoms with van der Waals surface area (Å²) in [5, 5.41) is 0.951. The first-order valence-corrected chi connectivity index (χ1v) is 10.4. The second-order valence-electron chi connectivity index (χ2n) is 7.26. The fourth-order valence-electron chi connectivity index (χ4n) is 3.82. The van der Waals surface area contributed by atoms with E-state index in [1.54, 1.807) is 23.1 Å². The Balaban J connectivity index is 1.87. The Kier molecular flexibility index (Phi) is 4.81. The zero-order chi connectivity index (χ0) is 20.2. The van der Waals surface area contributed by atoms with Crippen LogP contribution in [0.25, 0.3) is 0 Å². The number of benzene rings is 2. The summed E-state index contributed by atoms with van der Waals surface area (Å²) in [6.07, 6.45) is 0.549. The molecule has 0 fully saturated rings. The molecule has 0 bridgehead atoms. The van der Waals surface area contributed by atoms with E-state index in [1.807, 2.05) is 49.6 Å². The summed E-state index contributed by atoms with van der Waals surface area (Å²) in [6.45, 7) is 5.91. The minimum Gasteiger partial charge on any atom is -0.299 e. The maximum absolute atomic E-state index is 13.7. The molecule has 0 aliphatic carbocycles. The van der Waals surface area contributed by atoms with Crippen molar-refractivity contribution in [2.75, 3.05) is 4.90 Å². The van der Waals surface area contributed by atoms with Crippen LogP contribution < -0.4 is 4.90 Å². The average Bonchev–Trinajstić information content (AvgIpc) is 3.01. The van der Waals surface area contributed by atoms with Gasteiger partial charge in [0.15, 0.2) is 0 Å². The molecule has 1 atom stereocenters. The van der Waals surface area contributed by atoms with Gasteiger partial charge in [-0.1, -0.05) is 51.3 Å². The molecule has 0 saturated carbocycles. The number of nitrogens with zero attached hydrogens (tertiary/aromatic N) is 3. The number of anilines is 2. The average molecular weight is 479 g/mol. The maximum atomic E-state index is 13.7. The van der Waals surface area contributed by atoms with E-state index >= 15 is 0 Å². The molecular formula is C21H18BrCl2N3O. The molecule has 144 valence electrons. The molecule has 0 saturated heterocycles. The van der Waals surface area contributed by atoms with Crippen LogP contribution in [-0.2, 0) is 16.8 Å². The van der Waals surface area contributed by atoms with E-state index in [1.165, 1.54) is 0 Å². The predicted molar refractivity (Wildman–Crippen MR) is 117 cm³/mol. The van der Waals surface area contributed by atoms with Crippen molar-refractivity contribution in [2.45, 2.75) is 32.7 Å². The molecule has 3 aromatic rings. The number of amides is 1. The van der Waals surface area contributed by atoms with E-state index in [2.05, 4.69) is 20.9 Å². The Morgan fingerprint density at radius 3 is 2.29 bits per heavy atom. The summed E-state index contributed by atoms with van der Waals surface area (Å²) in [5.74, 6) is 0.539. The molecule has 4 nitrogen and oxygen atoms in total. The molecule has 28 heavy (non-hydrogen) atoms. The molecule has 7 heteroatoms. The van der Waals surface area contributed by atoms with Gasteiger partial charge >= 0.3 is 0 Å². The largest absolute Gasteiger partial charge is 0.299 e. The topological polar surface area (TPSA) is 38.1 Å². The normalized spacial score (nSPS) is 18.6. The minimum atomic E-state index is -0.802. The van der Waals surface area contributed by atoms with Gasteiger partial charge < -0.3 is 0 Å². The lowest BCUT2D eigenvalue weighted by Gasteiger charge is -2.26. The molecule has 4 rings (SSSR count). The highest BCUT2D eigenvalue weighted by molar-refractivity contribution is 9.10. The summed E-state index contributed by atoms with van der Waals surface area (Å²) in [7, 11) is 0. The van der Waals surface area contributed by atoms with Crippen LogP contribution in [0.4, 0.5) is 11.6 Å². The summed E-state index contributed by atoms with van der Waals surface area (Å²) in [4.78, 5) is 20.0. The van der Waals surface area contributed by atoms with Crippen molar-refractivity contribution in [1.29, 1.82) is 0 Å². The monoisotopic (exact) mass is 477 g/mol. The number of fused-ring (bicyclic) bond motifs is 1. The Hall–Kier alpha value is -1.82. The number of carbonyl (C=O) groups excluding carboxylic acids is 1. The number of rotatable bonds is 3. The van der Waals surface area contributed by atoms with Crippen LogP contribution in [0.3, 0.4) is 0 Å². The van der Waals surface area contributed by atoms with E-state index < -0.39 is 5.54 Å². The summed E-state index contributed by atoms with van der Waals surface area (Å²) in [6, 6.07) is 13.2. The number of imidazole rings is 1. The standard InChI is InChI=1S/C21H18BrCl2N3O/c1-12-13(2)27-20(25-12)26(18-9-16(23)8-17(24)10-18)19(28)21(27,3)11-14-4-6-15(22)7-5-14/h4-10H,11H2,1-3H3. The molecule has 1 aliphatic rings. The van der Waals surface area contributed by atoms with Gasteiger partial charge in [0.05, 0.1) is 11.4 Å². The zero-order valence-electron chi connectivity index (χ0n) is 15.6. The Morgan fingerprint density at radius 2 is 1.68 bits per heavy atom. The van der Waals surface area contributed by atoms with Crippen LogP contribution in [0.5, 0.6) is 0 Å². The lowest BCUT2D eigenvalue weighted by molar-refractivity contribution is -0.124. The van der Waals surface area contributed by atoms with Crippen LogP contribution in [-0.4, -0.2) is 15.5 Å².